The fourth-order valence-electron chi connectivity index (χ4n) is 3.90. The fourth-order valence-corrected chi connectivity index (χ4v) is 3.90. The zero-order valence-electron chi connectivity index (χ0n) is 20.6. The second kappa shape index (κ2) is 13.7. The molecule has 0 aromatic carbocycles. The maximum absolute atomic E-state index is 13.1. The predicted molar refractivity (Wildman–Crippen MR) is 128 cm³/mol. The molecule has 1 saturated heterocycles. The van der Waals surface area contributed by atoms with Crippen molar-refractivity contribution in [3.8, 4) is 0 Å². The zero-order valence-corrected chi connectivity index (χ0v) is 20.6. The first-order valence-electron chi connectivity index (χ1n) is 11.8. The van der Waals surface area contributed by atoms with E-state index in [2.05, 4.69) is 15.6 Å². The quantitative estimate of drug-likeness (QED) is 0.110. The molecule has 12 nitrogen and oxygen atoms in total. The number of rotatable bonds is 13. The van der Waals surface area contributed by atoms with Crippen molar-refractivity contribution in [3.63, 3.8) is 0 Å². The van der Waals surface area contributed by atoms with Crippen LogP contribution in [0.5, 0.6) is 0 Å². The SMILES string of the molecule is CC(C)CC(NC(=O)C1CCCN1C(=O)C(N)CCCN=C(N)N)C(=O)NC(C(=O)O)C(C)C. The average molecular weight is 484 g/mol. The van der Waals surface area contributed by atoms with Gasteiger partial charge in [0, 0.05) is 13.1 Å². The van der Waals surface area contributed by atoms with Gasteiger partial charge in [-0.15, -0.1) is 0 Å². The van der Waals surface area contributed by atoms with Crippen LogP contribution >= 0.6 is 0 Å². The number of nitrogens with zero attached hydrogens (tertiary/aromatic N) is 2. The third-order valence-electron chi connectivity index (χ3n) is 5.69. The van der Waals surface area contributed by atoms with Crippen LogP contribution in [0.4, 0.5) is 0 Å². The van der Waals surface area contributed by atoms with E-state index in [0.717, 1.165) is 0 Å². The van der Waals surface area contributed by atoms with E-state index in [1.165, 1.54) is 4.90 Å². The molecule has 1 aliphatic rings. The third kappa shape index (κ3) is 9.16. The number of carboxylic acid groups (broad SMARTS) is 1. The number of nitrogens with two attached hydrogens (primary N) is 3. The molecule has 4 unspecified atom stereocenters. The number of aliphatic carboxylic acids is 1. The smallest absolute Gasteiger partial charge is 0.326 e. The maximum atomic E-state index is 13.1. The van der Waals surface area contributed by atoms with E-state index in [1.54, 1.807) is 13.8 Å². The molecule has 1 heterocycles. The lowest BCUT2D eigenvalue weighted by atomic mass is 10.00. The summed E-state index contributed by atoms with van der Waals surface area (Å²) >= 11 is 0. The molecule has 34 heavy (non-hydrogen) atoms. The maximum Gasteiger partial charge on any atom is 0.326 e. The highest BCUT2D eigenvalue weighted by molar-refractivity contribution is 5.94. The van der Waals surface area contributed by atoms with Gasteiger partial charge in [-0.3, -0.25) is 19.4 Å². The molecule has 1 aliphatic heterocycles. The number of carbonyl (C=O) groups excluding carboxylic acids is 3. The lowest BCUT2D eigenvalue weighted by Gasteiger charge is -2.29. The first-order chi connectivity index (χ1) is 15.8. The molecule has 0 aliphatic carbocycles. The summed E-state index contributed by atoms with van der Waals surface area (Å²) in [5, 5.41) is 14.6. The number of likely N-dealkylation sites (tertiary alicyclic amines) is 1. The minimum atomic E-state index is -1.14. The van der Waals surface area contributed by atoms with Gasteiger partial charge in [-0.1, -0.05) is 27.7 Å². The first kappa shape index (κ1) is 29.1. The molecule has 3 amide bonds. The normalized spacial score (nSPS) is 18.3. The molecule has 4 atom stereocenters. The first-order valence-corrected chi connectivity index (χ1v) is 11.8. The number of amides is 3. The topological polar surface area (TPSA) is 206 Å². The number of aliphatic imine (C=N–C) groups is 1. The van der Waals surface area contributed by atoms with Gasteiger partial charge in [0.1, 0.15) is 18.1 Å². The van der Waals surface area contributed by atoms with Crippen molar-refractivity contribution in [1.29, 1.82) is 0 Å². The Morgan fingerprint density at radius 2 is 1.76 bits per heavy atom. The second-order valence-corrected chi connectivity index (χ2v) is 9.50. The number of hydrogen-bond donors (Lipinski definition) is 6. The highest BCUT2D eigenvalue weighted by Gasteiger charge is 2.38. The minimum Gasteiger partial charge on any atom is -0.480 e. The lowest BCUT2D eigenvalue weighted by molar-refractivity contribution is -0.144. The molecular weight excluding hydrogens is 442 g/mol. The highest BCUT2D eigenvalue weighted by Crippen LogP contribution is 2.20. The number of carbonyl (C=O) groups is 4. The van der Waals surface area contributed by atoms with Gasteiger partial charge in [-0.05, 0) is 43.9 Å². The Morgan fingerprint density at radius 1 is 1.12 bits per heavy atom. The Morgan fingerprint density at radius 3 is 2.29 bits per heavy atom. The molecule has 9 N–H and O–H groups in total. The van der Waals surface area contributed by atoms with E-state index in [9.17, 15) is 24.3 Å². The standard InChI is InChI=1S/C22H41N7O5/c1-12(2)11-15(18(30)28-17(13(3)4)21(33)34)27-19(31)16-8-6-10-29(16)20(32)14(23)7-5-9-26-22(24)25/h12-17H,5-11,23H2,1-4H3,(H,27,31)(H,28,30)(H,33,34)(H4,24,25,26). The molecule has 1 rings (SSSR count). The van der Waals surface area contributed by atoms with Gasteiger partial charge in [0.15, 0.2) is 5.96 Å². The molecule has 0 aromatic rings. The van der Waals surface area contributed by atoms with Crippen LogP contribution < -0.4 is 27.8 Å². The molecule has 12 heteroatoms. The monoisotopic (exact) mass is 483 g/mol. The van der Waals surface area contributed by atoms with Crippen LogP contribution in [0.15, 0.2) is 4.99 Å². The number of carboxylic acids is 1. The van der Waals surface area contributed by atoms with Gasteiger partial charge < -0.3 is 37.8 Å². The molecule has 0 bridgehead atoms. The summed E-state index contributed by atoms with van der Waals surface area (Å²) in [6.07, 6.45) is 2.31. The van der Waals surface area contributed by atoms with Crippen molar-refractivity contribution >= 4 is 29.7 Å². The Kier molecular flexibility index (Phi) is 11.8. The summed E-state index contributed by atoms with van der Waals surface area (Å²) < 4.78 is 0. The van der Waals surface area contributed by atoms with Gasteiger partial charge >= 0.3 is 5.97 Å². The Bertz CT molecular complexity index is 752. The van der Waals surface area contributed by atoms with Gasteiger partial charge in [0.05, 0.1) is 6.04 Å². The van der Waals surface area contributed by atoms with Gasteiger partial charge in [0.25, 0.3) is 0 Å². The van der Waals surface area contributed by atoms with E-state index in [-0.39, 0.29) is 23.7 Å². The van der Waals surface area contributed by atoms with E-state index >= 15 is 0 Å². The largest absolute Gasteiger partial charge is 0.480 e. The van der Waals surface area contributed by atoms with Crippen molar-refractivity contribution in [2.75, 3.05) is 13.1 Å². The number of hydrogen-bond acceptors (Lipinski definition) is 6. The molecule has 0 aromatic heterocycles. The Balaban J connectivity index is 2.84. The van der Waals surface area contributed by atoms with Crippen molar-refractivity contribution in [2.45, 2.75) is 84.0 Å². The molecule has 0 radical (unpaired) electrons. The van der Waals surface area contributed by atoms with Crippen molar-refractivity contribution < 1.29 is 24.3 Å². The Labute approximate surface area is 201 Å². The number of guanidine groups is 1. The summed E-state index contributed by atoms with van der Waals surface area (Å²) in [6.45, 7) is 7.93. The summed E-state index contributed by atoms with van der Waals surface area (Å²) in [5.74, 6) is -2.77. The van der Waals surface area contributed by atoms with Gasteiger partial charge in [-0.2, -0.15) is 0 Å². The van der Waals surface area contributed by atoms with E-state index in [0.29, 0.717) is 45.2 Å². The van der Waals surface area contributed by atoms with Crippen molar-refractivity contribution in [3.05, 3.63) is 0 Å². The molecule has 0 spiro atoms. The van der Waals surface area contributed by atoms with Gasteiger partial charge in [-0.25, -0.2) is 4.79 Å². The molecule has 1 fully saturated rings. The van der Waals surface area contributed by atoms with Crippen LogP contribution in [0.1, 0.15) is 59.8 Å². The molecule has 0 saturated carbocycles. The fraction of sp³-hybridized carbons (Fsp3) is 0.773. The summed E-state index contributed by atoms with van der Waals surface area (Å²) in [6, 6.07) is -3.52. The van der Waals surface area contributed by atoms with Crippen LogP contribution in [0.25, 0.3) is 0 Å². The Hall–Kier alpha value is -2.89. The lowest BCUT2D eigenvalue weighted by Crippen LogP contribution is -2.57. The molecule has 194 valence electrons. The van der Waals surface area contributed by atoms with E-state index in [4.69, 9.17) is 17.2 Å². The van der Waals surface area contributed by atoms with E-state index < -0.39 is 42.0 Å². The summed E-state index contributed by atoms with van der Waals surface area (Å²) in [4.78, 5) is 55.6. The van der Waals surface area contributed by atoms with Crippen molar-refractivity contribution in [2.24, 2.45) is 34.0 Å². The van der Waals surface area contributed by atoms with Crippen LogP contribution in [0.3, 0.4) is 0 Å². The van der Waals surface area contributed by atoms with Crippen LogP contribution in [-0.2, 0) is 19.2 Å². The van der Waals surface area contributed by atoms with Crippen LogP contribution in [0, 0.1) is 11.8 Å². The zero-order chi connectivity index (χ0) is 26.0. The van der Waals surface area contributed by atoms with Crippen LogP contribution in [0.2, 0.25) is 0 Å². The minimum absolute atomic E-state index is 0.0285. The third-order valence-corrected chi connectivity index (χ3v) is 5.69. The number of nitrogens with one attached hydrogen (secondary N) is 2. The summed E-state index contributed by atoms with van der Waals surface area (Å²) in [5.41, 5.74) is 16.6. The summed E-state index contributed by atoms with van der Waals surface area (Å²) in [7, 11) is 0. The van der Waals surface area contributed by atoms with Crippen molar-refractivity contribution in [1.82, 2.24) is 15.5 Å². The second-order valence-electron chi connectivity index (χ2n) is 9.50. The average Bonchev–Trinajstić information content (AvgIpc) is 3.22. The predicted octanol–water partition coefficient (Wildman–Crippen LogP) is -0.885. The van der Waals surface area contributed by atoms with Gasteiger partial charge in [0.2, 0.25) is 17.7 Å². The highest BCUT2D eigenvalue weighted by atomic mass is 16.4. The van der Waals surface area contributed by atoms with Crippen LogP contribution in [-0.4, -0.2) is 76.9 Å². The molecular formula is C22H41N7O5. The van der Waals surface area contributed by atoms with E-state index in [1.807, 2.05) is 13.8 Å².